The van der Waals surface area contributed by atoms with E-state index in [2.05, 4.69) is 10.6 Å². The van der Waals surface area contributed by atoms with Crippen LogP contribution in [0.1, 0.15) is 18.1 Å². The predicted octanol–water partition coefficient (Wildman–Crippen LogP) is 2.63. The topological polar surface area (TPSA) is 70.6 Å². The van der Waals surface area contributed by atoms with Crippen molar-refractivity contribution in [3.63, 3.8) is 0 Å². The van der Waals surface area contributed by atoms with Crippen molar-refractivity contribution in [1.29, 1.82) is 0 Å². The summed E-state index contributed by atoms with van der Waals surface area (Å²) in [5, 5.41) is 15.8. The second kappa shape index (κ2) is 8.48. The normalized spacial score (nSPS) is 13.0. The second-order valence-electron chi connectivity index (χ2n) is 6.18. The first kappa shape index (κ1) is 18.7. The minimum Gasteiger partial charge on any atom is -0.497 e. The van der Waals surface area contributed by atoms with Gasteiger partial charge in [0.15, 0.2) is 0 Å². The first-order valence-electron chi connectivity index (χ1n) is 7.99. The molecule has 0 radical (unpaired) electrons. The number of methoxy groups -OCH3 is 1. The quantitative estimate of drug-likeness (QED) is 0.722. The number of rotatable bonds is 7. The molecule has 0 aliphatic carbocycles. The molecule has 0 saturated carbocycles. The molecule has 0 fully saturated rings. The summed E-state index contributed by atoms with van der Waals surface area (Å²) in [4.78, 5) is 11.8. The zero-order valence-electron chi connectivity index (χ0n) is 14.4. The van der Waals surface area contributed by atoms with Crippen molar-refractivity contribution in [3.05, 3.63) is 65.5 Å². The molecule has 0 aromatic heterocycles. The van der Waals surface area contributed by atoms with Crippen LogP contribution in [0.25, 0.3) is 0 Å². The molecular formula is C19H23FN2O3. The van der Waals surface area contributed by atoms with Crippen LogP contribution in [0.5, 0.6) is 5.75 Å². The summed E-state index contributed by atoms with van der Waals surface area (Å²) < 4.78 is 17.9. The molecule has 0 bridgehead atoms. The number of carbonyl (C=O) groups is 1. The van der Waals surface area contributed by atoms with E-state index >= 15 is 0 Å². The molecule has 5 nitrogen and oxygen atoms in total. The Bertz CT molecular complexity index is 685. The van der Waals surface area contributed by atoms with E-state index in [4.69, 9.17) is 4.74 Å². The summed E-state index contributed by atoms with van der Waals surface area (Å²) in [5.74, 6) is 0.435. The molecule has 0 saturated heterocycles. The van der Waals surface area contributed by atoms with E-state index < -0.39 is 5.60 Å². The number of aliphatic hydroxyl groups is 1. The highest BCUT2D eigenvalue weighted by molar-refractivity contribution is 5.73. The zero-order valence-corrected chi connectivity index (χ0v) is 14.4. The second-order valence-corrected chi connectivity index (χ2v) is 6.18. The van der Waals surface area contributed by atoms with E-state index in [0.717, 1.165) is 16.9 Å². The van der Waals surface area contributed by atoms with Crippen LogP contribution in [0.3, 0.4) is 0 Å². The third-order valence-corrected chi connectivity index (χ3v) is 3.74. The molecule has 2 rings (SSSR count). The highest BCUT2D eigenvalue weighted by Gasteiger charge is 2.21. The molecule has 1 atom stereocenters. The summed E-state index contributed by atoms with van der Waals surface area (Å²) in [6, 6.07) is 12.9. The molecule has 6 heteroatoms. The van der Waals surface area contributed by atoms with Crippen LogP contribution in [-0.2, 0) is 13.0 Å². The maximum Gasteiger partial charge on any atom is 0.315 e. The fourth-order valence-electron chi connectivity index (χ4n) is 2.36. The van der Waals surface area contributed by atoms with Gasteiger partial charge in [0.25, 0.3) is 0 Å². The minimum atomic E-state index is -1.08. The maximum absolute atomic E-state index is 12.8. The third-order valence-electron chi connectivity index (χ3n) is 3.74. The lowest BCUT2D eigenvalue weighted by Crippen LogP contribution is -2.45. The van der Waals surface area contributed by atoms with Gasteiger partial charge >= 0.3 is 6.03 Å². The van der Waals surface area contributed by atoms with Crippen molar-refractivity contribution < 1.29 is 19.0 Å². The molecule has 0 aliphatic rings. The summed E-state index contributed by atoms with van der Waals surface area (Å²) in [5.41, 5.74) is 0.655. The number of ether oxygens (including phenoxy) is 1. The molecular weight excluding hydrogens is 323 g/mol. The Morgan fingerprint density at radius 3 is 2.28 bits per heavy atom. The number of amides is 2. The van der Waals surface area contributed by atoms with Crippen LogP contribution in [0.15, 0.2) is 48.5 Å². The van der Waals surface area contributed by atoms with Crippen molar-refractivity contribution >= 4 is 6.03 Å². The number of hydrogen-bond acceptors (Lipinski definition) is 3. The van der Waals surface area contributed by atoms with Crippen molar-refractivity contribution in [2.24, 2.45) is 0 Å². The summed E-state index contributed by atoms with van der Waals surface area (Å²) in [6.45, 7) is 2.05. The molecule has 25 heavy (non-hydrogen) atoms. The predicted molar refractivity (Wildman–Crippen MR) is 94.0 cm³/mol. The van der Waals surface area contributed by atoms with Gasteiger partial charge in [0, 0.05) is 19.5 Å². The Kier molecular flexibility index (Phi) is 6.36. The number of carbonyl (C=O) groups excluding carboxylic acids is 1. The van der Waals surface area contributed by atoms with Gasteiger partial charge < -0.3 is 20.5 Å². The monoisotopic (exact) mass is 346 g/mol. The van der Waals surface area contributed by atoms with Gasteiger partial charge in [0.05, 0.1) is 12.7 Å². The average molecular weight is 346 g/mol. The number of benzene rings is 2. The van der Waals surface area contributed by atoms with E-state index in [1.165, 1.54) is 12.1 Å². The number of nitrogens with one attached hydrogen (secondary N) is 2. The fraction of sp³-hybridized carbons (Fsp3) is 0.316. The van der Waals surface area contributed by atoms with Crippen LogP contribution in [-0.4, -0.2) is 30.4 Å². The SMILES string of the molecule is COc1ccc(C[C@@](C)(O)CNC(=O)NCc2ccc(F)cc2)cc1. The van der Waals surface area contributed by atoms with Crippen LogP contribution in [0, 0.1) is 5.82 Å². The highest BCUT2D eigenvalue weighted by atomic mass is 19.1. The van der Waals surface area contributed by atoms with Gasteiger partial charge in [-0.15, -0.1) is 0 Å². The van der Waals surface area contributed by atoms with Gasteiger partial charge in [0.1, 0.15) is 11.6 Å². The summed E-state index contributed by atoms with van der Waals surface area (Å²) in [7, 11) is 1.60. The van der Waals surface area contributed by atoms with Crippen LogP contribution in [0.4, 0.5) is 9.18 Å². The van der Waals surface area contributed by atoms with Crippen LogP contribution in [0.2, 0.25) is 0 Å². The van der Waals surface area contributed by atoms with Crippen LogP contribution >= 0.6 is 0 Å². The fourth-order valence-corrected chi connectivity index (χ4v) is 2.36. The van der Waals surface area contributed by atoms with E-state index in [1.54, 1.807) is 26.2 Å². The summed E-state index contributed by atoms with van der Waals surface area (Å²) in [6.07, 6.45) is 0.398. The lowest BCUT2D eigenvalue weighted by Gasteiger charge is -2.24. The Morgan fingerprint density at radius 2 is 1.68 bits per heavy atom. The average Bonchev–Trinajstić information content (AvgIpc) is 2.60. The van der Waals surface area contributed by atoms with E-state index in [0.29, 0.717) is 6.42 Å². The van der Waals surface area contributed by atoms with Gasteiger partial charge in [-0.3, -0.25) is 0 Å². The Labute approximate surface area is 146 Å². The van der Waals surface area contributed by atoms with Gasteiger partial charge in [-0.2, -0.15) is 0 Å². The number of hydrogen-bond donors (Lipinski definition) is 3. The first-order chi connectivity index (χ1) is 11.9. The molecule has 2 aromatic carbocycles. The zero-order chi connectivity index (χ0) is 18.3. The van der Waals surface area contributed by atoms with E-state index in [9.17, 15) is 14.3 Å². The molecule has 0 unspecified atom stereocenters. The van der Waals surface area contributed by atoms with Gasteiger partial charge in [-0.1, -0.05) is 24.3 Å². The Balaban J connectivity index is 1.77. The standard InChI is InChI=1S/C19H23FN2O3/c1-19(24,11-14-5-9-17(25-2)10-6-14)13-22-18(23)21-12-15-3-7-16(20)8-4-15/h3-10,24H,11-13H2,1-2H3,(H2,21,22,23)/t19-/m1/s1. The van der Waals surface area contributed by atoms with E-state index in [1.807, 2.05) is 24.3 Å². The van der Waals surface area contributed by atoms with Gasteiger partial charge in [0.2, 0.25) is 0 Å². The van der Waals surface area contributed by atoms with Crippen LogP contribution < -0.4 is 15.4 Å². The molecule has 2 aromatic rings. The van der Waals surface area contributed by atoms with Crippen molar-refractivity contribution in [1.82, 2.24) is 10.6 Å². The Morgan fingerprint density at radius 1 is 1.08 bits per heavy atom. The van der Waals surface area contributed by atoms with Crippen molar-refractivity contribution in [3.8, 4) is 5.75 Å². The maximum atomic E-state index is 12.8. The van der Waals surface area contributed by atoms with E-state index in [-0.39, 0.29) is 24.9 Å². The Hall–Kier alpha value is -2.60. The molecule has 134 valence electrons. The molecule has 3 N–H and O–H groups in total. The van der Waals surface area contributed by atoms with Gasteiger partial charge in [-0.05, 0) is 42.3 Å². The lowest BCUT2D eigenvalue weighted by molar-refractivity contribution is 0.0624. The number of urea groups is 1. The molecule has 0 aliphatic heterocycles. The van der Waals surface area contributed by atoms with Crippen molar-refractivity contribution in [2.45, 2.75) is 25.5 Å². The van der Waals surface area contributed by atoms with Gasteiger partial charge in [-0.25, -0.2) is 9.18 Å². The first-order valence-corrected chi connectivity index (χ1v) is 7.99. The highest BCUT2D eigenvalue weighted by Crippen LogP contribution is 2.16. The van der Waals surface area contributed by atoms with Crippen molar-refractivity contribution in [2.75, 3.05) is 13.7 Å². The number of halogens is 1. The molecule has 2 amide bonds. The third kappa shape index (κ3) is 6.43. The largest absolute Gasteiger partial charge is 0.497 e. The lowest BCUT2D eigenvalue weighted by atomic mass is 9.96. The summed E-state index contributed by atoms with van der Waals surface area (Å²) >= 11 is 0. The smallest absolute Gasteiger partial charge is 0.315 e. The minimum absolute atomic E-state index is 0.105. The molecule has 0 spiro atoms. The molecule has 0 heterocycles.